The van der Waals surface area contributed by atoms with E-state index in [0.717, 1.165) is 50.2 Å². The predicted molar refractivity (Wildman–Crippen MR) is 99.9 cm³/mol. The summed E-state index contributed by atoms with van der Waals surface area (Å²) in [5, 5.41) is 14.8. The van der Waals surface area contributed by atoms with Crippen molar-refractivity contribution in [1.29, 1.82) is 0 Å². The fourth-order valence-electron chi connectivity index (χ4n) is 3.89. The Morgan fingerprint density at radius 2 is 1.70 bits per heavy atom. The first-order valence-corrected chi connectivity index (χ1v) is 9.53. The summed E-state index contributed by atoms with van der Waals surface area (Å²) in [5.41, 5.74) is 0.831. The van der Waals surface area contributed by atoms with Gasteiger partial charge in [-0.05, 0) is 24.8 Å². The van der Waals surface area contributed by atoms with Crippen LogP contribution in [0.3, 0.4) is 0 Å². The van der Waals surface area contributed by atoms with Crippen molar-refractivity contribution in [3.05, 3.63) is 35.6 Å². The van der Waals surface area contributed by atoms with E-state index in [0.29, 0.717) is 0 Å². The maximum absolute atomic E-state index is 13.7. The third-order valence-corrected chi connectivity index (χ3v) is 5.37. The van der Waals surface area contributed by atoms with Gasteiger partial charge in [0, 0.05) is 44.3 Å². The summed E-state index contributed by atoms with van der Waals surface area (Å²) in [4.78, 5) is 23.3. The van der Waals surface area contributed by atoms with Crippen LogP contribution in [0.4, 0.5) is 4.39 Å². The number of halogens is 1. The number of benzene rings is 1. The van der Waals surface area contributed by atoms with Crippen molar-refractivity contribution in [3.8, 4) is 0 Å². The first-order valence-electron chi connectivity index (χ1n) is 9.53. The van der Waals surface area contributed by atoms with Crippen molar-refractivity contribution in [2.75, 3.05) is 26.2 Å². The molecule has 2 N–H and O–H groups in total. The van der Waals surface area contributed by atoms with Crippen LogP contribution in [-0.4, -0.2) is 64.2 Å². The molecule has 1 heterocycles. The lowest BCUT2D eigenvalue weighted by molar-refractivity contribution is -0.159. The Labute approximate surface area is 159 Å². The molecule has 0 radical (unpaired) electrons. The molecule has 150 valence electrons. The van der Waals surface area contributed by atoms with Gasteiger partial charge in [-0.1, -0.05) is 38.0 Å². The molecule has 2 aliphatic rings. The molecule has 2 atom stereocenters. The average Bonchev–Trinajstić information content (AvgIpc) is 2.65. The van der Waals surface area contributed by atoms with Gasteiger partial charge >= 0.3 is 11.9 Å². The van der Waals surface area contributed by atoms with Crippen LogP contribution in [0.1, 0.15) is 38.2 Å². The van der Waals surface area contributed by atoms with Gasteiger partial charge in [-0.3, -0.25) is 9.80 Å². The molecule has 1 aliphatic carbocycles. The fourth-order valence-corrected chi connectivity index (χ4v) is 3.89. The summed E-state index contributed by atoms with van der Waals surface area (Å²) in [6, 6.07) is 7.96. The highest BCUT2D eigenvalue weighted by Gasteiger charge is 2.27. The Morgan fingerprint density at radius 1 is 1.07 bits per heavy atom. The van der Waals surface area contributed by atoms with E-state index in [-0.39, 0.29) is 5.82 Å². The van der Waals surface area contributed by atoms with Crippen LogP contribution in [0.2, 0.25) is 0 Å². The van der Waals surface area contributed by atoms with Crippen molar-refractivity contribution in [2.24, 2.45) is 5.92 Å². The molecule has 0 aromatic heterocycles. The monoisotopic (exact) mass is 380 g/mol. The van der Waals surface area contributed by atoms with E-state index in [1.807, 2.05) is 12.1 Å². The molecule has 27 heavy (non-hydrogen) atoms. The Morgan fingerprint density at radius 3 is 2.26 bits per heavy atom. The molecule has 6 nitrogen and oxygen atoms in total. The summed E-state index contributed by atoms with van der Waals surface area (Å²) in [6.07, 6.45) is 5.54. The second-order valence-electron chi connectivity index (χ2n) is 7.44. The van der Waals surface area contributed by atoms with Gasteiger partial charge in [0.15, 0.2) is 0 Å². The molecule has 1 aromatic rings. The van der Waals surface area contributed by atoms with E-state index in [9.17, 15) is 4.39 Å². The Bertz CT molecular complexity index is 620. The zero-order valence-electron chi connectivity index (χ0n) is 15.8. The van der Waals surface area contributed by atoms with Gasteiger partial charge in [0.05, 0.1) is 0 Å². The zero-order valence-corrected chi connectivity index (χ0v) is 15.8. The molecule has 2 fully saturated rings. The van der Waals surface area contributed by atoms with E-state index in [2.05, 4.69) is 16.7 Å². The predicted octanol–water partition coefficient (Wildman–Crippen LogP) is 2.68. The second-order valence-corrected chi connectivity index (χ2v) is 7.44. The number of aliphatic carboxylic acids is 2. The van der Waals surface area contributed by atoms with E-state index >= 15 is 0 Å². The Kier molecular flexibility index (Phi) is 8.19. The minimum Gasteiger partial charge on any atom is -0.473 e. The lowest BCUT2D eigenvalue weighted by Gasteiger charge is -2.42. The van der Waals surface area contributed by atoms with Crippen LogP contribution in [0, 0.1) is 11.7 Å². The molecule has 0 spiro atoms. The Hall–Kier alpha value is -1.99. The molecule has 1 aliphatic heterocycles. The first-order chi connectivity index (χ1) is 12.9. The van der Waals surface area contributed by atoms with Crippen LogP contribution in [0.15, 0.2) is 24.3 Å². The number of hydrogen-bond acceptors (Lipinski definition) is 4. The molecular formula is C20H29FN2O4. The van der Waals surface area contributed by atoms with Crippen LogP contribution < -0.4 is 0 Å². The number of carboxylic acid groups (broad SMARTS) is 2. The molecule has 7 heteroatoms. The van der Waals surface area contributed by atoms with Gasteiger partial charge in [-0.15, -0.1) is 0 Å². The quantitative estimate of drug-likeness (QED) is 0.785. The SMILES string of the molecule is CC1CCCC(N2CCN(Cc3ccccc3F)CC2)C1.O=C(O)C(=O)O. The van der Waals surface area contributed by atoms with Gasteiger partial charge < -0.3 is 10.2 Å². The maximum Gasteiger partial charge on any atom is 0.414 e. The number of carboxylic acids is 2. The molecule has 1 aromatic carbocycles. The fraction of sp³-hybridized carbons (Fsp3) is 0.600. The summed E-state index contributed by atoms with van der Waals surface area (Å²) < 4.78 is 13.7. The number of piperazine rings is 1. The number of hydrogen-bond donors (Lipinski definition) is 2. The molecule has 3 rings (SSSR count). The van der Waals surface area contributed by atoms with Crippen molar-refractivity contribution in [3.63, 3.8) is 0 Å². The largest absolute Gasteiger partial charge is 0.473 e. The summed E-state index contributed by atoms with van der Waals surface area (Å²) >= 11 is 0. The minimum atomic E-state index is -1.82. The first kappa shape index (κ1) is 21.3. The van der Waals surface area contributed by atoms with Crippen LogP contribution in [0.25, 0.3) is 0 Å². The lowest BCUT2D eigenvalue weighted by Crippen LogP contribution is -2.51. The van der Waals surface area contributed by atoms with E-state index in [1.165, 1.54) is 25.7 Å². The molecule has 2 unspecified atom stereocenters. The van der Waals surface area contributed by atoms with Crippen molar-refractivity contribution in [1.82, 2.24) is 9.80 Å². The van der Waals surface area contributed by atoms with Crippen molar-refractivity contribution >= 4 is 11.9 Å². The van der Waals surface area contributed by atoms with Crippen molar-refractivity contribution < 1.29 is 24.2 Å². The van der Waals surface area contributed by atoms with E-state index < -0.39 is 11.9 Å². The normalized spacial score (nSPS) is 23.9. The van der Waals surface area contributed by atoms with E-state index in [1.54, 1.807) is 12.1 Å². The highest BCUT2D eigenvalue weighted by molar-refractivity contribution is 6.27. The lowest BCUT2D eigenvalue weighted by atomic mass is 9.86. The highest BCUT2D eigenvalue weighted by Crippen LogP contribution is 2.28. The van der Waals surface area contributed by atoms with Gasteiger partial charge in [0.25, 0.3) is 0 Å². The van der Waals surface area contributed by atoms with Crippen molar-refractivity contribution in [2.45, 2.75) is 45.2 Å². The second kappa shape index (κ2) is 10.4. The molecular weight excluding hydrogens is 351 g/mol. The number of rotatable bonds is 3. The van der Waals surface area contributed by atoms with E-state index in [4.69, 9.17) is 19.8 Å². The minimum absolute atomic E-state index is 0.0685. The van der Waals surface area contributed by atoms with Crippen LogP contribution in [-0.2, 0) is 16.1 Å². The third kappa shape index (κ3) is 6.92. The standard InChI is InChI=1S/C18H27FN2.C2H2O4/c1-15-5-4-7-17(13-15)21-11-9-20(10-12-21)14-16-6-2-3-8-18(16)19;3-1(4)2(5)6/h2-3,6,8,15,17H,4-5,7,9-14H2,1H3;(H,3,4)(H,5,6). The van der Waals surface area contributed by atoms with Gasteiger partial charge in [0.2, 0.25) is 0 Å². The van der Waals surface area contributed by atoms with Gasteiger partial charge in [0.1, 0.15) is 5.82 Å². The summed E-state index contributed by atoms with van der Waals surface area (Å²) in [6.45, 7) is 7.57. The summed E-state index contributed by atoms with van der Waals surface area (Å²) in [7, 11) is 0. The Balaban J connectivity index is 0.000000380. The molecule has 1 saturated carbocycles. The average molecular weight is 380 g/mol. The van der Waals surface area contributed by atoms with Crippen LogP contribution in [0.5, 0.6) is 0 Å². The van der Waals surface area contributed by atoms with Gasteiger partial charge in [-0.2, -0.15) is 0 Å². The highest BCUT2D eigenvalue weighted by atomic mass is 19.1. The third-order valence-electron chi connectivity index (χ3n) is 5.37. The molecule has 0 amide bonds. The topological polar surface area (TPSA) is 81.1 Å². The molecule has 0 bridgehead atoms. The molecule has 1 saturated heterocycles. The van der Waals surface area contributed by atoms with Crippen LogP contribution >= 0.6 is 0 Å². The summed E-state index contributed by atoms with van der Waals surface area (Å²) in [5.74, 6) is -2.83. The van der Waals surface area contributed by atoms with Gasteiger partial charge in [-0.25, -0.2) is 14.0 Å². The number of carbonyl (C=O) groups is 2. The number of nitrogens with zero attached hydrogens (tertiary/aromatic N) is 2. The maximum atomic E-state index is 13.7. The zero-order chi connectivity index (χ0) is 19.8. The smallest absolute Gasteiger partial charge is 0.414 e.